The Bertz CT molecular complexity index is 943. The first-order valence-corrected chi connectivity index (χ1v) is 8.01. The monoisotopic (exact) mass is 320 g/mol. The lowest BCUT2D eigenvalue weighted by molar-refractivity contribution is 0.0954. The zero-order valence-corrected chi connectivity index (χ0v) is 13.8. The minimum Gasteiger partial charge on any atom is -0.352 e. The second-order valence-corrected chi connectivity index (χ2v) is 5.97. The van der Waals surface area contributed by atoms with Crippen molar-refractivity contribution in [2.75, 3.05) is 6.54 Å². The molecule has 1 aromatic heterocycles. The minimum atomic E-state index is -0.126. The summed E-state index contributed by atoms with van der Waals surface area (Å²) in [6.45, 7) is 4.46. The fourth-order valence-electron chi connectivity index (χ4n) is 2.76. The molecular formula is C20H20N2O2. The molecule has 3 aromatic rings. The number of aromatic amines is 1. The second-order valence-electron chi connectivity index (χ2n) is 5.97. The van der Waals surface area contributed by atoms with E-state index in [9.17, 15) is 9.59 Å². The van der Waals surface area contributed by atoms with Gasteiger partial charge in [-0.3, -0.25) is 9.59 Å². The Morgan fingerprint density at radius 1 is 1.08 bits per heavy atom. The van der Waals surface area contributed by atoms with E-state index in [1.807, 2.05) is 44.2 Å². The number of aryl methyl sites for hydroxylation is 2. The van der Waals surface area contributed by atoms with Crippen molar-refractivity contribution in [1.82, 2.24) is 10.3 Å². The first-order valence-electron chi connectivity index (χ1n) is 8.01. The number of H-pyrrole nitrogens is 1. The highest BCUT2D eigenvalue weighted by molar-refractivity contribution is 5.94. The highest BCUT2D eigenvalue weighted by Crippen LogP contribution is 2.18. The number of carbonyl (C=O) groups excluding carboxylic acids is 1. The van der Waals surface area contributed by atoms with Crippen LogP contribution in [0.1, 0.15) is 27.0 Å². The van der Waals surface area contributed by atoms with Crippen molar-refractivity contribution in [3.63, 3.8) is 0 Å². The Hall–Kier alpha value is -2.88. The van der Waals surface area contributed by atoms with Gasteiger partial charge in [-0.15, -0.1) is 0 Å². The van der Waals surface area contributed by atoms with E-state index in [2.05, 4.69) is 16.4 Å². The third-order valence-electron chi connectivity index (χ3n) is 4.34. The molecule has 24 heavy (non-hydrogen) atoms. The molecule has 2 N–H and O–H groups in total. The van der Waals surface area contributed by atoms with E-state index in [1.54, 1.807) is 12.1 Å². The summed E-state index contributed by atoms with van der Waals surface area (Å²) < 4.78 is 0. The molecule has 2 aromatic carbocycles. The maximum Gasteiger partial charge on any atom is 0.251 e. The van der Waals surface area contributed by atoms with Gasteiger partial charge < -0.3 is 10.3 Å². The summed E-state index contributed by atoms with van der Waals surface area (Å²) in [4.78, 5) is 27.3. The lowest BCUT2D eigenvalue weighted by Gasteiger charge is -2.08. The van der Waals surface area contributed by atoms with Crippen molar-refractivity contribution in [3.05, 3.63) is 81.1 Å². The van der Waals surface area contributed by atoms with Crippen molar-refractivity contribution in [3.8, 4) is 0 Å². The van der Waals surface area contributed by atoms with Crippen LogP contribution in [0, 0.1) is 13.8 Å². The standard InChI is InChI=1S/C20H20N2O2/c1-13-8-9-16-12-17(20(24)22-18(16)14(13)2)10-11-21-19(23)15-6-4-3-5-7-15/h3-9,12H,10-11H2,1-2H3,(H,21,23)(H,22,24). The van der Waals surface area contributed by atoms with E-state index >= 15 is 0 Å². The van der Waals surface area contributed by atoms with Gasteiger partial charge in [-0.2, -0.15) is 0 Å². The van der Waals surface area contributed by atoms with Crippen LogP contribution < -0.4 is 10.9 Å². The number of rotatable bonds is 4. The highest BCUT2D eigenvalue weighted by atomic mass is 16.1. The molecule has 0 saturated carbocycles. The summed E-state index contributed by atoms with van der Waals surface area (Å²) >= 11 is 0. The Balaban J connectivity index is 1.74. The third kappa shape index (κ3) is 3.23. The maximum absolute atomic E-state index is 12.3. The van der Waals surface area contributed by atoms with E-state index in [0.29, 0.717) is 24.1 Å². The van der Waals surface area contributed by atoms with E-state index in [4.69, 9.17) is 0 Å². The van der Waals surface area contributed by atoms with Crippen LogP contribution in [0.2, 0.25) is 0 Å². The lowest BCUT2D eigenvalue weighted by atomic mass is 10.0. The topological polar surface area (TPSA) is 62.0 Å². The molecule has 0 saturated heterocycles. The predicted molar refractivity (Wildman–Crippen MR) is 96.5 cm³/mol. The van der Waals surface area contributed by atoms with Crippen molar-refractivity contribution in [1.29, 1.82) is 0 Å². The summed E-state index contributed by atoms with van der Waals surface area (Å²) in [5, 5.41) is 3.87. The van der Waals surface area contributed by atoms with Gasteiger partial charge in [-0.1, -0.05) is 30.3 Å². The quantitative estimate of drug-likeness (QED) is 0.776. The van der Waals surface area contributed by atoms with Gasteiger partial charge in [0.1, 0.15) is 0 Å². The van der Waals surface area contributed by atoms with Gasteiger partial charge in [0.2, 0.25) is 0 Å². The molecule has 4 heteroatoms. The zero-order valence-electron chi connectivity index (χ0n) is 13.8. The average Bonchev–Trinajstić information content (AvgIpc) is 2.60. The van der Waals surface area contributed by atoms with Gasteiger partial charge in [0, 0.05) is 17.7 Å². The van der Waals surface area contributed by atoms with Crippen LogP contribution in [-0.4, -0.2) is 17.4 Å². The second kappa shape index (κ2) is 6.71. The van der Waals surface area contributed by atoms with E-state index in [1.165, 1.54) is 0 Å². The number of aromatic nitrogens is 1. The summed E-state index contributed by atoms with van der Waals surface area (Å²) in [7, 11) is 0. The molecule has 3 rings (SSSR count). The predicted octanol–water partition coefficient (Wildman–Crippen LogP) is 3.12. The molecule has 0 atom stereocenters. The number of fused-ring (bicyclic) bond motifs is 1. The zero-order chi connectivity index (χ0) is 17.1. The molecule has 0 unspecified atom stereocenters. The molecule has 0 bridgehead atoms. The average molecular weight is 320 g/mol. The van der Waals surface area contributed by atoms with Crippen molar-refractivity contribution >= 4 is 16.8 Å². The van der Waals surface area contributed by atoms with Gasteiger partial charge in [-0.25, -0.2) is 0 Å². The summed E-state index contributed by atoms with van der Waals surface area (Å²) in [6, 6.07) is 15.0. The number of amides is 1. The third-order valence-corrected chi connectivity index (χ3v) is 4.34. The molecule has 0 spiro atoms. The molecule has 0 radical (unpaired) electrons. The SMILES string of the molecule is Cc1ccc2cc(CCNC(=O)c3ccccc3)c(=O)[nH]c2c1C. The van der Waals surface area contributed by atoms with Crippen molar-refractivity contribution < 1.29 is 4.79 Å². The van der Waals surface area contributed by atoms with Crippen LogP contribution in [0.15, 0.2) is 53.3 Å². The van der Waals surface area contributed by atoms with Crippen LogP contribution in [-0.2, 0) is 6.42 Å². The number of benzene rings is 2. The molecule has 0 fully saturated rings. The van der Waals surface area contributed by atoms with Crippen LogP contribution in [0.4, 0.5) is 0 Å². The number of carbonyl (C=O) groups is 1. The Labute approximate surface area is 140 Å². The van der Waals surface area contributed by atoms with Crippen molar-refractivity contribution in [2.45, 2.75) is 20.3 Å². The van der Waals surface area contributed by atoms with E-state index < -0.39 is 0 Å². The molecule has 0 aliphatic carbocycles. The van der Waals surface area contributed by atoms with E-state index in [0.717, 1.165) is 22.0 Å². The van der Waals surface area contributed by atoms with Gasteiger partial charge in [0.15, 0.2) is 0 Å². The van der Waals surface area contributed by atoms with Gasteiger partial charge in [-0.05, 0) is 55.0 Å². The molecule has 0 aliphatic rings. The molecule has 1 heterocycles. The van der Waals surface area contributed by atoms with Gasteiger partial charge in [0.25, 0.3) is 11.5 Å². The fraction of sp³-hybridized carbons (Fsp3) is 0.200. The molecule has 0 aliphatic heterocycles. The molecule has 122 valence electrons. The smallest absolute Gasteiger partial charge is 0.251 e. The van der Waals surface area contributed by atoms with Crippen LogP contribution in [0.5, 0.6) is 0 Å². The number of nitrogens with one attached hydrogen (secondary N) is 2. The first-order chi connectivity index (χ1) is 11.6. The Morgan fingerprint density at radius 3 is 2.58 bits per heavy atom. The molecule has 1 amide bonds. The van der Waals surface area contributed by atoms with Gasteiger partial charge in [0.05, 0.1) is 5.52 Å². The Morgan fingerprint density at radius 2 is 1.83 bits per heavy atom. The number of hydrogen-bond donors (Lipinski definition) is 2. The molecule has 4 nitrogen and oxygen atoms in total. The largest absolute Gasteiger partial charge is 0.352 e. The fourth-order valence-corrected chi connectivity index (χ4v) is 2.76. The normalized spacial score (nSPS) is 10.8. The first kappa shape index (κ1) is 16.0. The summed E-state index contributed by atoms with van der Waals surface area (Å²) in [6.07, 6.45) is 0.497. The maximum atomic E-state index is 12.3. The van der Waals surface area contributed by atoms with E-state index in [-0.39, 0.29) is 11.5 Å². The summed E-state index contributed by atoms with van der Waals surface area (Å²) in [5.74, 6) is -0.126. The number of pyridine rings is 1. The number of hydrogen-bond acceptors (Lipinski definition) is 2. The Kier molecular flexibility index (Phi) is 4.47. The summed E-state index contributed by atoms with van der Waals surface area (Å²) in [5.41, 5.74) is 4.34. The minimum absolute atomic E-state index is 0.0924. The van der Waals surface area contributed by atoms with Gasteiger partial charge >= 0.3 is 0 Å². The van der Waals surface area contributed by atoms with Crippen LogP contribution in [0.25, 0.3) is 10.9 Å². The lowest BCUT2D eigenvalue weighted by Crippen LogP contribution is -2.27. The van der Waals surface area contributed by atoms with Crippen LogP contribution in [0.3, 0.4) is 0 Å². The van der Waals surface area contributed by atoms with Crippen molar-refractivity contribution in [2.24, 2.45) is 0 Å². The van der Waals surface area contributed by atoms with Crippen LogP contribution >= 0.6 is 0 Å². The highest BCUT2D eigenvalue weighted by Gasteiger charge is 2.08. The molecular weight excluding hydrogens is 300 g/mol.